The number of piperidine rings is 1. The molecule has 3 aromatic rings. The van der Waals surface area contributed by atoms with Crippen molar-refractivity contribution in [3.63, 3.8) is 0 Å². The van der Waals surface area contributed by atoms with Gasteiger partial charge in [-0.3, -0.25) is 14.6 Å². The number of hydrogen-bond donors (Lipinski definition) is 2. The second-order valence-electron chi connectivity index (χ2n) is 10.8. The summed E-state index contributed by atoms with van der Waals surface area (Å²) >= 11 is 0. The molecule has 2 aromatic carbocycles. The van der Waals surface area contributed by atoms with Crippen LogP contribution in [0, 0.1) is 0 Å². The monoisotopic (exact) mass is 596 g/mol. The Morgan fingerprint density at radius 2 is 1.79 bits per heavy atom. The Kier molecular flexibility index (Phi) is 9.27. The van der Waals surface area contributed by atoms with Crippen molar-refractivity contribution in [2.24, 2.45) is 9.98 Å². The molecule has 4 amide bonds. The van der Waals surface area contributed by atoms with Crippen molar-refractivity contribution in [1.82, 2.24) is 24.7 Å². The molecule has 2 fully saturated rings. The van der Waals surface area contributed by atoms with E-state index in [0.29, 0.717) is 24.5 Å². The fraction of sp³-hybridized carbons (Fsp3) is 0.433. The lowest BCUT2D eigenvalue weighted by molar-refractivity contribution is -0.122. The van der Waals surface area contributed by atoms with E-state index >= 15 is 0 Å². The minimum absolute atomic E-state index is 0.147. The number of amides is 4. The molecule has 1 aromatic heterocycles. The Bertz CT molecular complexity index is 1490. The number of benzene rings is 2. The number of carbonyl (C=O) groups is 2. The largest absolute Gasteiger partial charge is 0.405 e. The molecule has 2 N–H and O–H groups in total. The van der Waals surface area contributed by atoms with E-state index in [9.17, 15) is 22.8 Å². The quantitative estimate of drug-likeness (QED) is 0.364. The van der Waals surface area contributed by atoms with Crippen molar-refractivity contribution in [3.8, 4) is 5.69 Å². The fourth-order valence-corrected chi connectivity index (χ4v) is 5.43. The van der Waals surface area contributed by atoms with Crippen LogP contribution >= 0.6 is 0 Å². The SMILES string of the molecule is CN=CC(C=NC1CCN(C(=O)N2CCCC2)CC1)c1ccc2c(c1)ncn2-c1cccc(NC(=O)NCC(F)(F)F)c1. The molecule has 2 aliphatic rings. The standard InChI is InChI=1S/C30H35F3N8O2/c1-34-17-22(18-35-23-9-13-40(14-10-23)29(43)39-11-2-3-12-39)21-7-8-27-26(15-21)37-20-41(27)25-6-4-5-24(16-25)38-28(42)36-19-30(31,32)33/h4-8,15-18,20,22-23H,2-3,9-14,19H2,1H3,(H2,36,38,42). The predicted molar refractivity (Wildman–Crippen MR) is 161 cm³/mol. The number of nitrogens with one attached hydrogen (secondary N) is 2. The van der Waals surface area contributed by atoms with E-state index < -0.39 is 18.8 Å². The van der Waals surface area contributed by atoms with E-state index in [4.69, 9.17) is 4.99 Å². The summed E-state index contributed by atoms with van der Waals surface area (Å²) in [5.41, 5.74) is 3.58. The minimum atomic E-state index is -4.49. The number of urea groups is 2. The third-order valence-corrected chi connectivity index (χ3v) is 7.67. The van der Waals surface area contributed by atoms with Gasteiger partial charge in [-0.25, -0.2) is 14.6 Å². The van der Waals surface area contributed by atoms with Gasteiger partial charge in [0.2, 0.25) is 0 Å². The molecule has 0 bridgehead atoms. The number of rotatable bonds is 7. The first-order valence-electron chi connectivity index (χ1n) is 14.4. The highest BCUT2D eigenvalue weighted by Crippen LogP contribution is 2.25. The van der Waals surface area contributed by atoms with E-state index in [-0.39, 0.29) is 18.0 Å². The minimum Gasteiger partial charge on any atom is -0.329 e. The van der Waals surface area contributed by atoms with Gasteiger partial charge in [-0.1, -0.05) is 12.1 Å². The molecule has 5 rings (SSSR count). The van der Waals surface area contributed by atoms with Gasteiger partial charge in [-0.2, -0.15) is 13.2 Å². The lowest BCUT2D eigenvalue weighted by Gasteiger charge is -2.33. The Morgan fingerprint density at radius 1 is 1.05 bits per heavy atom. The molecule has 1 atom stereocenters. The summed E-state index contributed by atoms with van der Waals surface area (Å²) in [6, 6.07) is 12.0. The molecule has 0 aliphatic carbocycles. The zero-order valence-corrected chi connectivity index (χ0v) is 23.9. The second kappa shape index (κ2) is 13.3. The zero-order valence-electron chi connectivity index (χ0n) is 23.9. The molecule has 43 heavy (non-hydrogen) atoms. The highest BCUT2D eigenvalue weighted by Gasteiger charge is 2.28. The van der Waals surface area contributed by atoms with Crippen LogP contribution in [0.15, 0.2) is 58.8 Å². The van der Waals surface area contributed by atoms with Crippen molar-refractivity contribution in [1.29, 1.82) is 0 Å². The molecule has 3 heterocycles. The summed E-state index contributed by atoms with van der Waals surface area (Å²) in [4.78, 5) is 42.1. The first kappa shape index (κ1) is 30.1. The third-order valence-electron chi connectivity index (χ3n) is 7.67. The molecule has 2 saturated heterocycles. The lowest BCUT2D eigenvalue weighted by Crippen LogP contribution is -2.46. The van der Waals surface area contributed by atoms with Crippen LogP contribution in [-0.2, 0) is 0 Å². The summed E-state index contributed by atoms with van der Waals surface area (Å²) in [6.07, 6.45) is 4.75. The molecule has 13 heteroatoms. The van der Waals surface area contributed by atoms with Gasteiger partial charge >= 0.3 is 18.2 Å². The third kappa shape index (κ3) is 7.70. The molecule has 0 saturated carbocycles. The van der Waals surface area contributed by atoms with Gasteiger partial charge in [-0.15, -0.1) is 0 Å². The van der Waals surface area contributed by atoms with Crippen molar-refractivity contribution < 1.29 is 22.8 Å². The number of aliphatic imine (C=N–C) groups is 2. The molecule has 1 unspecified atom stereocenters. The van der Waals surface area contributed by atoms with E-state index in [1.54, 1.807) is 36.9 Å². The summed E-state index contributed by atoms with van der Waals surface area (Å²) in [5.74, 6) is -0.147. The Morgan fingerprint density at radius 3 is 2.51 bits per heavy atom. The molecular weight excluding hydrogens is 561 g/mol. The molecule has 228 valence electrons. The Hall–Kier alpha value is -4.42. The van der Waals surface area contributed by atoms with Crippen molar-refractivity contribution >= 4 is 41.2 Å². The molecular formula is C30H35F3N8O2. The van der Waals surface area contributed by atoms with E-state index in [0.717, 1.165) is 55.4 Å². The van der Waals surface area contributed by atoms with Crippen molar-refractivity contribution in [2.75, 3.05) is 45.1 Å². The van der Waals surface area contributed by atoms with Gasteiger partial charge in [0.15, 0.2) is 0 Å². The van der Waals surface area contributed by atoms with Gasteiger partial charge in [-0.05, 0) is 61.6 Å². The zero-order chi connectivity index (χ0) is 30.4. The number of alkyl halides is 3. The number of hydrogen-bond acceptors (Lipinski definition) is 5. The smallest absolute Gasteiger partial charge is 0.329 e. The van der Waals surface area contributed by atoms with E-state index in [1.807, 2.05) is 51.1 Å². The fourth-order valence-electron chi connectivity index (χ4n) is 5.43. The summed E-state index contributed by atoms with van der Waals surface area (Å²) in [5, 5.41) is 4.23. The maximum atomic E-state index is 12.7. The van der Waals surface area contributed by atoms with E-state index in [2.05, 4.69) is 15.3 Å². The summed E-state index contributed by atoms with van der Waals surface area (Å²) in [6.45, 7) is 1.72. The van der Waals surface area contributed by atoms with Gasteiger partial charge in [0.05, 0.1) is 23.0 Å². The molecule has 0 radical (unpaired) electrons. The van der Waals surface area contributed by atoms with Crippen LogP contribution in [0.1, 0.15) is 37.2 Å². The Balaban J connectivity index is 1.24. The number of likely N-dealkylation sites (tertiary alicyclic amines) is 2. The Labute approximate surface area is 247 Å². The van der Waals surface area contributed by atoms with Crippen LogP contribution in [0.4, 0.5) is 28.4 Å². The number of nitrogens with zero attached hydrogens (tertiary/aromatic N) is 6. The number of fused-ring (bicyclic) bond motifs is 1. The maximum Gasteiger partial charge on any atom is 0.405 e. The van der Waals surface area contributed by atoms with Crippen LogP contribution in [0.3, 0.4) is 0 Å². The van der Waals surface area contributed by atoms with Crippen LogP contribution < -0.4 is 10.6 Å². The molecule has 0 spiro atoms. The van der Waals surface area contributed by atoms with Gasteiger partial charge < -0.3 is 20.4 Å². The average Bonchev–Trinajstić information content (AvgIpc) is 3.68. The topological polar surface area (TPSA) is 107 Å². The molecule has 2 aliphatic heterocycles. The van der Waals surface area contributed by atoms with E-state index in [1.165, 1.54) is 0 Å². The van der Waals surface area contributed by atoms with Gasteiger partial charge in [0.1, 0.15) is 12.9 Å². The van der Waals surface area contributed by atoms with Crippen LogP contribution in [0.2, 0.25) is 0 Å². The van der Waals surface area contributed by atoms with Crippen LogP contribution in [0.5, 0.6) is 0 Å². The summed E-state index contributed by atoms with van der Waals surface area (Å²) < 4.78 is 39.1. The average molecular weight is 597 g/mol. The first-order chi connectivity index (χ1) is 20.7. The van der Waals surface area contributed by atoms with Gasteiger partial charge in [0, 0.05) is 57.0 Å². The highest BCUT2D eigenvalue weighted by atomic mass is 19.4. The van der Waals surface area contributed by atoms with Crippen LogP contribution in [-0.4, -0.2) is 95.8 Å². The lowest BCUT2D eigenvalue weighted by atomic mass is 10.00. The summed E-state index contributed by atoms with van der Waals surface area (Å²) in [7, 11) is 1.72. The predicted octanol–water partition coefficient (Wildman–Crippen LogP) is 5.24. The van der Waals surface area contributed by atoms with Crippen molar-refractivity contribution in [2.45, 2.75) is 43.8 Å². The first-order valence-corrected chi connectivity index (χ1v) is 14.4. The van der Waals surface area contributed by atoms with Crippen molar-refractivity contribution in [3.05, 3.63) is 54.4 Å². The van der Waals surface area contributed by atoms with Gasteiger partial charge in [0.25, 0.3) is 0 Å². The second-order valence-corrected chi connectivity index (χ2v) is 10.8. The normalized spacial score (nSPS) is 17.3. The van der Waals surface area contributed by atoms with Crippen LogP contribution in [0.25, 0.3) is 16.7 Å². The number of anilines is 1. The highest BCUT2D eigenvalue weighted by molar-refractivity contribution is 5.92. The molecule has 10 nitrogen and oxygen atoms in total. The maximum absolute atomic E-state index is 12.7. The number of aromatic nitrogens is 2. The number of imidazole rings is 1. The number of carbonyl (C=O) groups excluding carboxylic acids is 2. The number of halogens is 3.